The summed E-state index contributed by atoms with van der Waals surface area (Å²) < 4.78 is 23.3. The average molecular weight is 197 g/mol. The highest BCUT2D eigenvalue weighted by Crippen LogP contribution is 2.23. The fourth-order valence-corrected chi connectivity index (χ4v) is 3.26. The summed E-state index contributed by atoms with van der Waals surface area (Å²) in [4.78, 5) is 2.30. The summed E-state index contributed by atoms with van der Waals surface area (Å²) in [5.41, 5.74) is 0.899. The lowest BCUT2D eigenvalue weighted by Crippen LogP contribution is -2.31. The quantitative estimate of drug-likeness (QED) is 0.619. The summed E-state index contributed by atoms with van der Waals surface area (Å²) >= 11 is 0. The van der Waals surface area contributed by atoms with E-state index in [-0.39, 0.29) is 5.88 Å². The smallest absolute Gasteiger partial charge is 0.191 e. The first-order valence-electron chi connectivity index (χ1n) is 4.09. The van der Waals surface area contributed by atoms with Crippen LogP contribution in [0.3, 0.4) is 0 Å². The highest BCUT2D eigenvalue weighted by atomic mass is 32.2. The molecule has 0 aliphatic carbocycles. The summed E-state index contributed by atoms with van der Waals surface area (Å²) in [6.45, 7) is 0.718. The minimum absolute atomic E-state index is 0.129. The Balaban J connectivity index is 2.63. The minimum Gasteiger partial charge on any atom is -0.288 e. The SMILES string of the molecule is CN1Cc2ccccc2S(=O)(=O)C1. The van der Waals surface area contributed by atoms with E-state index in [1.54, 1.807) is 17.0 Å². The second kappa shape index (κ2) is 2.82. The van der Waals surface area contributed by atoms with Crippen LogP contribution in [0.25, 0.3) is 0 Å². The number of fused-ring (bicyclic) bond motifs is 1. The molecule has 0 saturated carbocycles. The van der Waals surface area contributed by atoms with Crippen molar-refractivity contribution in [3.05, 3.63) is 29.8 Å². The normalized spacial score (nSPS) is 21.0. The molecule has 0 aromatic heterocycles. The molecule has 0 fully saturated rings. The van der Waals surface area contributed by atoms with Crippen LogP contribution >= 0.6 is 0 Å². The Labute approximate surface area is 77.9 Å². The number of hydrogen-bond acceptors (Lipinski definition) is 3. The standard InChI is InChI=1S/C9H11NO2S/c1-10-6-8-4-2-3-5-9(8)13(11,12)7-10/h2-5H,6-7H2,1H3. The zero-order chi connectivity index (χ0) is 9.47. The third-order valence-electron chi connectivity index (χ3n) is 2.14. The van der Waals surface area contributed by atoms with E-state index in [0.717, 1.165) is 12.1 Å². The van der Waals surface area contributed by atoms with Crippen molar-refractivity contribution in [1.29, 1.82) is 0 Å². The van der Waals surface area contributed by atoms with Gasteiger partial charge in [0.15, 0.2) is 9.84 Å². The van der Waals surface area contributed by atoms with E-state index in [1.807, 2.05) is 19.2 Å². The van der Waals surface area contributed by atoms with Crippen molar-refractivity contribution in [1.82, 2.24) is 4.90 Å². The van der Waals surface area contributed by atoms with Crippen LogP contribution < -0.4 is 0 Å². The fraction of sp³-hybridized carbons (Fsp3) is 0.333. The maximum absolute atomic E-state index is 11.6. The summed E-state index contributed by atoms with van der Waals surface area (Å²) in [5, 5.41) is 0. The molecule has 0 spiro atoms. The zero-order valence-corrected chi connectivity index (χ0v) is 8.21. The van der Waals surface area contributed by atoms with Gasteiger partial charge in [0, 0.05) is 6.54 Å². The molecule has 0 saturated heterocycles. The van der Waals surface area contributed by atoms with Crippen molar-refractivity contribution in [2.75, 3.05) is 12.9 Å². The molecule has 0 bridgehead atoms. The van der Waals surface area contributed by atoms with Gasteiger partial charge in [-0.05, 0) is 18.7 Å². The minimum atomic E-state index is -3.07. The lowest BCUT2D eigenvalue weighted by atomic mass is 10.2. The third kappa shape index (κ3) is 1.47. The Hall–Kier alpha value is -0.870. The Morgan fingerprint density at radius 1 is 1.31 bits per heavy atom. The van der Waals surface area contributed by atoms with Gasteiger partial charge in [0.05, 0.1) is 4.90 Å². The monoisotopic (exact) mass is 197 g/mol. The average Bonchev–Trinajstić information content (AvgIpc) is 2.02. The van der Waals surface area contributed by atoms with E-state index in [9.17, 15) is 8.42 Å². The van der Waals surface area contributed by atoms with E-state index in [2.05, 4.69) is 0 Å². The van der Waals surface area contributed by atoms with Crippen LogP contribution in [-0.2, 0) is 16.4 Å². The predicted molar refractivity (Wildman–Crippen MR) is 50.0 cm³/mol. The molecular weight excluding hydrogens is 186 g/mol. The van der Waals surface area contributed by atoms with Gasteiger partial charge in [-0.1, -0.05) is 18.2 Å². The lowest BCUT2D eigenvalue weighted by molar-refractivity contribution is 0.360. The highest BCUT2D eigenvalue weighted by Gasteiger charge is 2.25. The van der Waals surface area contributed by atoms with Crippen molar-refractivity contribution in [3.8, 4) is 0 Å². The summed E-state index contributed by atoms with van der Waals surface area (Å²) in [5.74, 6) is 0.129. The molecule has 2 rings (SSSR count). The lowest BCUT2D eigenvalue weighted by Gasteiger charge is -2.24. The van der Waals surface area contributed by atoms with Crippen LogP contribution in [-0.4, -0.2) is 26.2 Å². The molecule has 1 aliphatic heterocycles. The molecule has 1 aliphatic rings. The first-order chi connectivity index (χ1) is 6.09. The van der Waals surface area contributed by atoms with Gasteiger partial charge in [-0.2, -0.15) is 0 Å². The summed E-state index contributed by atoms with van der Waals surface area (Å²) in [6.07, 6.45) is 0. The maximum atomic E-state index is 11.6. The summed E-state index contributed by atoms with van der Waals surface area (Å²) in [6, 6.07) is 7.18. The van der Waals surface area contributed by atoms with Gasteiger partial charge in [-0.3, -0.25) is 4.90 Å². The zero-order valence-electron chi connectivity index (χ0n) is 7.40. The second-order valence-corrected chi connectivity index (χ2v) is 5.29. The molecular formula is C9H11NO2S. The topological polar surface area (TPSA) is 37.4 Å². The molecule has 0 unspecified atom stereocenters. The number of rotatable bonds is 0. The van der Waals surface area contributed by atoms with Crippen LogP contribution in [0.15, 0.2) is 29.2 Å². The molecule has 1 aromatic carbocycles. The van der Waals surface area contributed by atoms with E-state index in [4.69, 9.17) is 0 Å². The Bertz CT molecular complexity index is 425. The Kier molecular flexibility index (Phi) is 1.89. The molecule has 4 heteroatoms. The number of benzene rings is 1. The molecule has 1 heterocycles. The van der Waals surface area contributed by atoms with Crippen LogP contribution in [0.4, 0.5) is 0 Å². The van der Waals surface area contributed by atoms with Gasteiger partial charge in [-0.15, -0.1) is 0 Å². The molecule has 1 aromatic rings. The van der Waals surface area contributed by atoms with Gasteiger partial charge in [-0.25, -0.2) is 8.42 Å². The van der Waals surface area contributed by atoms with Crippen LogP contribution in [0.2, 0.25) is 0 Å². The predicted octanol–water partition coefficient (Wildman–Crippen LogP) is 0.863. The van der Waals surface area contributed by atoms with Crippen molar-refractivity contribution in [2.24, 2.45) is 0 Å². The van der Waals surface area contributed by atoms with E-state index >= 15 is 0 Å². The van der Waals surface area contributed by atoms with Gasteiger partial charge >= 0.3 is 0 Å². The molecule has 0 amide bonds. The van der Waals surface area contributed by atoms with E-state index < -0.39 is 9.84 Å². The molecule has 0 atom stereocenters. The molecule has 3 nitrogen and oxygen atoms in total. The fourth-order valence-electron chi connectivity index (χ4n) is 1.63. The summed E-state index contributed by atoms with van der Waals surface area (Å²) in [7, 11) is -1.25. The van der Waals surface area contributed by atoms with Gasteiger partial charge in [0.1, 0.15) is 5.88 Å². The third-order valence-corrected chi connectivity index (χ3v) is 3.99. The first kappa shape index (κ1) is 8.72. The van der Waals surface area contributed by atoms with Crippen LogP contribution in [0, 0.1) is 0 Å². The van der Waals surface area contributed by atoms with Gasteiger partial charge in [0.25, 0.3) is 0 Å². The van der Waals surface area contributed by atoms with Crippen molar-refractivity contribution in [3.63, 3.8) is 0 Å². The van der Waals surface area contributed by atoms with Gasteiger partial charge in [0.2, 0.25) is 0 Å². The Morgan fingerprint density at radius 2 is 2.00 bits per heavy atom. The molecule has 0 radical (unpaired) electrons. The number of hydrogen-bond donors (Lipinski definition) is 0. The molecule has 0 N–H and O–H groups in total. The number of nitrogens with zero attached hydrogens (tertiary/aromatic N) is 1. The van der Waals surface area contributed by atoms with Crippen molar-refractivity contribution >= 4 is 9.84 Å². The molecule has 13 heavy (non-hydrogen) atoms. The Morgan fingerprint density at radius 3 is 2.77 bits per heavy atom. The number of sulfone groups is 1. The largest absolute Gasteiger partial charge is 0.288 e. The molecule has 70 valence electrons. The van der Waals surface area contributed by atoms with Crippen LogP contribution in [0.1, 0.15) is 5.56 Å². The second-order valence-electron chi connectivity index (χ2n) is 3.37. The highest BCUT2D eigenvalue weighted by molar-refractivity contribution is 7.91. The van der Waals surface area contributed by atoms with Crippen molar-refractivity contribution in [2.45, 2.75) is 11.4 Å². The van der Waals surface area contributed by atoms with Crippen LogP contribution in [0.5, 0.6) is 0 Å². The van der Waals surface area contributed by atoms with E-state index in [0.29, 0.717) is 4.90 Å². The maximum Gasteiger partial charge on any atom is 0.191 e. The van der Waals surface area contributed by atoms with Gasteiger partial charge < -0.3 is 0 Å². The first-order valence-corrected chi connectivity index (χ1v) is 5.74. The van der Waals surface area contributed by atoms with Crippen molar-refractivity contribution < 1.29 is 8.42 Å². The van der Waals surface area contributed by atoms with E-state index in [1.165, 1.54) is 0 Å².